The summed E-state index contributed by atoms with van der Waals surface area (Å²) in [6, 6.07) is 15.9. The molecule has 118 valence electrons. The third-order valence-corrected chi connectivity index (χ3v) is 4.16. The van der Waals surface area contributed by atoms with E-state index in [1.807, 2.05) is 30.3 Å². The second-order valence-electron chi connectivity index (χ2n) is 5.87. The Kier molecular flexibility index (Phi) is 4.47. The topological polar surface area (TPSA) is 35.5 Å². The van der Waals surface area contributed by atoms with Gasteiger partial charge in [0, 0.05) is 0 Å². The lowest BCUT2D eigenvalue weighted by molar-refractivity contribution is 0.0600. The molecule has 1 atom stereocenters. The number of ether oxygens (including phenoxy) is 2. The summed E-state index contributed by atoms with van der Waals surface area (Å²) >= 11 is 0. The largest absolute Gasteiger partial charge is 0.489 e. The smallest absolute Gasteiger partial charge is 0.337 e. The Morgan fingerprint density at radius 2 is 2.04 bits per heavy atom. The van der Waals surface area contributed by atoms with Crippen LogP contribution in [0.4, 0.5) is 0 Å². The zero-order valence-corrected chi connectivity index (χ0v) is 13.2. The van der Waals surface area contributed by atoms with Gasteiger partial charge >= 0.3 is 5.97 Å². The molecule has 23 heavy (non-hydrogen) atoms. The van der Waals surface area contributed by atoms with Crippen LogP contribution in [0, 0.1) is 0 Å². The maximum atomic E-state index is 11.8. The second kappa shape index (κ2) is 6.69. The van der Waals surface area contributed by atoms with Crippen LogP contribution >= 0.6 is 0 Å². The van der Waals surface area contributed by atoms with E-state index in [0.717, 1.165) is 29.7 Å². The third-order valence-electron chi connectivity index (χ3n) is 4.16. The first kappa shape index (κ1) is 15.3. The molecule has 0 N–H and O–H groups in total. The summed E-state index contributed by atoms with van der Waals surface area (Å²) in [5.41, 5.74) is 3.94. The summed E-state index contributed by atoms with van der Waals surface area (Å²) < 4.78 is 10.7. The van der Waals surface area contributed by atoms with Gasteiger partial charge in [-0.15, -0.1) is 0 Å². The molecule has 0 saturated carbocycles. The van der Waals surface area contributed by atoms with E-state index in [0.29, 0.717) is 12.2 Å². The minimum Gasteiger partial charge on any atom is -0.489 e. The van der Waals surface area contributed by atoms with Crippen molar-refractivity contribution in [3.8, 4) is 5.75 Å². The highest BCUT2D eigenvalue weighted by atomic mass is 16.5. The van der Waals surface area contributed by atoms with Gasteiger partial charge in [-0.1, -0.05) is 36.9 Å². The van der Waals surface area contributed by atoms with E-state index in [-0.39, 0.29) is 11.9 Å². The highest BCUT2D eigenvalue weighted by Crippen LogP contribution is 2.37. The molecular weight excluding hydrogens is 288 g/mol. The van der Waals surface area contributed by atoms with Crippen LogP contribution in [-0.4, -0.2) is 19.7 Å². The first-order valence-electron chi connectivity index (χ1n) is 7.73. The fraction of sp³-hybridized carbons (Fsp3) is 0.250. The van der Waals surface area contributed by atoms with Gasteiger partial charge in [0.15, 0.2) is 0 Å². The lowest BCUT2D eigenvalue weighted by Crippen LogP contribution is -2.07. The van der Waals surface area contributed by atoms with Crippen LogP contribution in [0.3, 0.4) is 0 Å². The first-order valence-corrected chi connectivity index (χ1v) is 7.73. The van der Waals surface area contributed by atoms with Gasteiger partial charge in [-0.05, 0) is 53.7 Å². The first-order chi connectivity index (χ1) is 11.2. The maximum absolute atomic E-state index is 11.8. The van der Waals surface area contributed by atoms with Crippen LogP contribution in [0.1, 0.15) is 33.8 Å². The molecule has 3 rings (SSSR count). The molecule has 0 spiro atoms. The molecule has 1 aliphatic heterocycles. The fourth-order valence-electron chi connectivity index (χ4n) is 3.02. The van der Waals surface area contributed by atoms with Crippen molar-refractivity contribution >= 4 is 5.97 Å². The van der Waals surface area contributed by atoms with Crippen molar-refractivity contribution in [1.29, 1.82) is 0 Å². The van der Waals surface area contributed by atoms with E-state index in [2.05, 4.69) is 18.7 Å². The Bertz CT molecular complexity index is 719. The van der Waals surface area contributed by atoms with Crippen LogP contribution in [0.5, 0.6) is 5.75 Å². The number of carbonyl (C=O) groups excluding carboxylic acids is 1. The predicted octanol–water partition coefficient (Wildman–Crippen LogP) is 4.14. The molecule has 0 fully saturated rings. The molecule has 0 aromatic heterocycles. The zero-order chi connectivity index (χ0) is 16.2. The quantitative estimate of drug-likeness (QED) is 0.631. The van der Waals surface area contributed by atoms with Crippen molar-refractivity contribution in [3.63, 3.8) is 0 Å². The van der Waals surface area contributed by atoms with E-state index < -0.39 is 0 Å². The molecule has 2 aromatic rings. The van der Waals surface area contributed by atoms with Gasteiger partial charge in [-0.2, -0.15) is 0 Å². The van der Waals surface area contributed by atoms with Crippen LogP contribution in [0.15, 0.2) is 60.7 Å². The Labute approximate surface area is 136 Å². The highest BCUT2D eigenvalue weighted by molar-refractivity contribution is 5.89. The molecule has 1 unspecified atom stereocenters. The predicted molar refractivity (Wildman–Crippen MR) is 89.9 cm³/mol. The van der Waals surface area contributed by atoms with E-state index in [4.69, 9.17) is 9.47 Å². The molecule has 0 aliphatic carbocycles. The van der Waals surface area contributed by atoms with E-state index >= 15 is 0 Å². The number of hydrogen-bond acceptors (Lipinski definition) is 3. The van der Waals surface area contributed by atoms with Crippen LogP contribution in [0.25, 0.3) is 0 Å². The Hall–Kier alpha value is -2.55. The maximum Gasteiger partial charge on any atom is 0.337 e. The number of esters is 1. The van der Waals surface area contributed by atoms with Gasteiger partial charge in [-0.3, -0.25) is 0 Å². The van der Waals surface area contributed by atoms with Crippen LogP contribution in [-0.2, 0) is 11.2 Å². The summed E-state index contributed by atoms with van der Waals surface area (Å²) in [5, 5.41) is 0. The highest BCUT2D eigenvalue weighted by Gasteiger charge is 2.23. The number of benzene rings is 2. The third kappa shape index (κ3) is 3.45. The molecule has 1 aliphatic rings. The number of rotatable bonds is 3. The Morgan fingerprint density at radius 1 is 1.26 bits per heavy atom. The standard InChI is InChI=1S/C20H20O3/c1-14-10-17(11-15-6-4-3-5-7-15)18-12-16(20(21)22-2)8-9-19(18)23-13-14/h3-9,12,17H,1,10-11,13H2,2H3. The van der Waals surface area contributed by atoms with Crippen LogP contribution < -0.4 is 4.74 Å². The second-order valence-corrected chi connectivity index (χ2v) is 5.87. The van der Waals surface area contributed by atoms with Gasteiger partial charge in [0.05, 0.1) is 12.7 Å². The number of carbonyl (C=O) groups is 1. The molecule has 0 amide bonds. The van der Waals surface area contributed by atoms with Crippen molar-refractivity contribution < 1.29 is 14.3 Å². The summed E-state index contributed by atoms with van der Waals surface area (Å²) in [7, 11) is 1.40. The van der Waals surface area contributed by atoms with E-state index in [9.17, 15) is 4.79 Å². The average molecular weight is 308 g/mol. The van der Waals surface area contributed by atoms with Crippen molar-refractivity contribution in [2.45, 2.75) is 18.8 Å². The summed E-state index contributed by atoms with van der Waals surface area (Å²) in [6.45, 7) is 4.63. The molecule has 1 heterocycles. The van der Waals surface area contributed by atoms with Crippen molar-refractivity contribution in [1.82, 2.24) is 0 Å². The number of hydrogen-bond donors (Lipinski definition) is 0. The molecule has 3 heteroatoms. The average Bonchev–Trinajstić information content (AvgIpc) is 2.74. The monoisotopic (exact) mass is 308 g/mol. The van der Waals surface area contributed by atoms with Gasteiger partial charge in [0.25, 0.3) is 0 Å². The molecule has 0 radical (unpaired) electrons. The summed E-state index contributed by atoms with van der Waals surface area (Å²) in [6.07, 6.45) is 1.74. The molecule has 3 nitrogen and oxygen atoms in total. The van der Waals surface area contributed by atoms with Gasteiger partial charge in [-0.25, -0.2) is 4.79 Å². The lowest BCUT2D eigenvalue weighted by Gasteiger charge is -2.17. The molecule has 0 bridgehead atoms. The summed E-state index contributed by atoms with van der Waals surface area (Å²) in [4.78, 5) is 11.8. The number of methoxy groups -OCH3 is 1. The summed E-state index contributed by atoms with van der Waals surface area (Å²) in [5.74, 6) is 0.749. The number of fused-ring (bicyclic) bond motifs is 1. The van der Waals surface area contributed by atoms with Crippen molar-refractivity contribution in [2.24, 2.45) is 0 Å². The fourth-order valence-corrected chi connectivity index (χ4v) is 3.02. The lowest BCUT2D eigenvalue weighted by atomic mass is 9.86. The molecule has 2 aromatic carbocycles. The van der Waals surface area contributed by atoms with Crippen molar-refractivity contribution in [3.05, 3.63) is 77.4 Å². The Morgan fingerprint density at radius 3 is 2.78 bits per heavy atom. The molecule has 0 saturated heterocycles. The van der Waals surface area contributed by atoms with Gasteiger partial charge in [0.1, 0.15) is 12.4 Å². The van der Waals surface area contributed by atoms with E-state index in [1.165, 1.54) is 12.7 Å². The zero-order valence-electron chi connectivity index (χ0n) is 13.2. The van der Waals surface area contributed by atoms with Crippen LogP contribution in [0.2, 0.25) is 0 Å². The normalized spacial score (nSPS) is 16.9. The van der Waals surface area contributed by atoms with Gasteiger partial charge < -0.3 is 9.47 Å². The van der Waals surface area contributed by atoms with Gasteiger partial charge in [0.2, 0.25) is 0 Å². The molecular formula is C20H20O3. The van der Waals surface area contributed by atoms with E-state index in [1.54, 1.807) is 6.07 Å². The Balaban J connectivity index is 1.98. The van der Waals surface area contributed by atoms with Crippen molar-refractivity contribution in [2.75, 3.05) is 13.7 Å². The minimum atomic E-state index is -0.325. The SMILES string of the molecule is C=C1COc2ccc(C(=O)OC)cc2C(Cc2ccccc2)C1. The minimum absolute atomic E-state index is 0.243.